The number of nitrogens with zero attached hydrogens (tertiary/aromatic N) is 4. The van der Waals surface area contributed by atoms with Gasteiger partial charge in [-0.05, 0) is 53.6 Å². The number of rotatable bonds is 8. The standard InChI is InChI=1S/C17H22FN5O3S/c1-19-27(2,25)20-7-3-4-15-17(23-26-22-15)16(21-24)9-12-8-11-5-6-13(18)10-14(11)12/h5-6,10,12,24H,3-4,7-9H2,1-2H3,(H,19,20,25)/b21-16-/t12-,27?/m1/s1. The smallest absolute Gasteiger partial charge is 0.155 e. The molecule has 2 atom stereocenters. The van der Waals surface area contributed by atoms with Crippen molar-refractivity contribution in [1.29, 1.82) is 0 Å². The first-order chi connectivity index (χ1) is 12.9. The topological polar surface area (TPSA) is 113 Å². The number of oxime groups is 1. The van der Waals surface area contributed by atoms with Crippen molar-refractivity contribution < 1.29 is 18.4 Å². The van der Waals surface area contributed by atoms with Gasteiger partial charge in [0.1, 0.15) is 27.1 Å². The first-order valence-corrected chi connectivity index (χ1v) is 10.5. The van der Waals surface area contributed by atoms with Gasteiger partial charge >= 0.3 is 0 Å². The molecule has 0 spiro atoms. The van der Waals surface area contributed by atoms with Crippen LogP contribution in [0.1, 0.15) is 41.3 Å². The van der Waals surface area contributed by atoms with Crippen LogP contribution in [0, 0.1) is 5.82 Å². The molecule has 0 saturated carbocycles. The molecular weight excluding hydrogens is 373 g/mol. The van der Waals surface area contributed by atoms with E-state index in [4.69, 9.17) is 4.63 Å². The van der Waals surface area contributed by atoms with E-state index in [9.17, 15) is 13.8 Å². The summed E-state index contributed by atoms with van der Waals surface area (Å²) in [6.07, 6.45) is 3.90. The second-order valence-corrected chi connectivity index (χ2v) is 8.80. The number of halogens is 1. The summed E-state index contributed by atoms with van der Waals surface area (Å²) in [6.45, 7) is 0.486. The van der Waals surface area contributed by atoms with Gasteiger partial charge in [0.05, 0.1) is 0 Å². The number of hydrogen-bond acceptors (Lipinski definition) is 7. The van der Waals surface area contributed by atoms with Gasteiger partial charge in [0.2, 0.25) is 0 Å². The van der Waals surface area contributed by atoms with Gasteiger partial charge in [-0.25, -0.2) is 22.3 Å². The Morgan fingerprint density at radius 1 is 1.48 bits per heavy atom. The fourth-order valence-corrected chi connectivity index (χ4v) is 3.80. The van der Waals surface area contributed by atoms with Gasteiger partial charge in [-0.3, -0.25) is 0 Å². The monoisotopic (exact) mass is 395 g/mol. The second-order valence-electron chi connectivity index (χ2n) is 6.54. The van der Waals surface area contributed by atoms with Crippen LogP contribution < -0.4 is 4.72 Å². The quantitative estimate of drug-likeness (QED) is 0.308. The number of fused-ring (bicyclic) bond motifs is 1. The van der Waals surface area contributed by atoms with Gasteiger partial charge < -0.3 is 5.21 Å². The molecule has 10 heteroatoms. The molecule has 1 aliphatic rings. The number of aromatic nitrogens is 2. The normalized spacial score (nSPS) is 18.5. The van der Waals surface area contributed by atoms with Gasteiger partial charge in [-0.1, -0.05) is 16.4 Å². The van der Waals surface area contributed by atoms with Crippen molar-refractivity contribution in [1.82, 2.24) is 15.0 Å². The molecule has 1 aromatic carbocycles. The average molecular weight is 395 g/mol. The van der Waals surface area contributed by atoms with Crippen LogP contribution in [-0.2, 0) is 22.8 Å². The number of aryl methyl sites for hydroxylation is 1. The van der Waals surface area contributed by atoms with Crippen LogP contribution >= 0.6 is 0 Å². The Hall–Kier alpha value is -2.33. The van der Waals surface area contributed by atoms with Crippen LogP contribution in [0.25, 0.3) is 0 Å². The third kappa shape index (κ3) is 4.51. The molecule has 0 amide bonds. The Bertz CT molecular complexity index is 965. The summed E-state index contributed by atoms with van der Waals surface area (Å²) in [5.74, 6) is -0.202. The molecule has 0 bridgehead atoms. The predicted molar refractivity (Wildman–Crippen MR) is 98.8 cm³/mol. The van der Waals surface area contributed by atoms with E-state index >= 15 is 0 Å². The molecule has 0 fully saturated rings. The lowest BCUT2D eigenvalue weighted by atomic mass is 9.74. The van der Waals surface area contributed by atoms with Crippen molar-refractivity contribution in [3.05, 3.63) is 46.5 Å². The molecule has 0 radical (unpaired) electrons. The number of benzene rings is 1. The Labute approximate surface area is 157 Å². The molecule has 1 aliphatic carbocycles. The highest BCUT2D eigenvalue weighted by molar-refractivity contribution is 7.91. The molecule has 0 aliphatic heterocycles. The van der Waals surface area contributed by atoms with Crippen LogP contribution in [-0.4, -0.2) is 45.3 Å². The molecule has 146 valence electrons. The Morgan fingerprint density at radius 2 is 2.30 bits per heavy atom. The second kappa shape index (κ2) is 8.13. The van der Waals surface area contributed by atoms with Crippen molar-refractivity contribution in [2.75, 3.05) is 19.8 Å². The van der Waals surface area contributed by atoms with Gasteiger partial charge in [-0.2, -0.15) is 0 Å². The van der Waals surface area contributed by atoms with E-state index in [-0.39, 0.29) is 11.7 Å². The van der Waals surface area contributed by atoms with Crippen molar-refractivity contribution in [2.45, 2.75) is 31.6 Å². The minimum atomic E-state index is -2.36. The van der Waals surface area contributed by atoms with Crippen LogP contribution in [0.4, 0.5) is 4.39 Å². The maximum atomic E-state index is 13.4. The Kier molecular flexibility index (Phi) is 5.85. The van der Waals surface area contributed by atoms with E-state index in [1.54, 1.807) is 6.07 Å². The van der Waals surface area contributed by atoms with Gasteiger partial charge in [-0.15, -0.1) is 0 Å². The highest BCUT2D eigenvalue weighted by Gasteiger charge is 2.30. The zero-order chi connectivity index (χ0) is 19.4. The molecule has 2 aromatic rings. The number of hydrogen-bond donors (Lipinski definition) is 2. The van der Waals surface area contributed by atoms with Crippen LogP contribution in [0.5, 0.6) is 0 Å². The molecule has 2 N–H and O–H groups in total. The highest BCUT2D eigenvalue weighted by atomic mass is 32.2. The largest absolute Gasteiger partial charge is 0.411 e. The average Bonchev–Trinajstić information content (AvgIpc) is 3.10. The fourth-order valence-electron chi connectivity index (χ4n) is 3.15. The zero-order valence-electron chi connectivity index (χ0n) is 15.2. The van der Waals surface area contributed by atoms with Crippen LogP contribution in [0.3, 0.4) is 0 Å². The van der Waals surface area contributed by atoms with E-state index in [2.05, 4.69) is 24.6 Å². The van der Waals surface area contributed by atoms with Crippen molar-refractivity contribution in [3.8, 4) is 0 Å². The number of nitrogens with one attached hydrogen (secondary N) is 1. The summed E-state index contributed by atoms with van der Waals surface area (Å²) in [5.41, 5.74) is 3.37. The SMILES string of the molecule is CN=S(C)(=O)NCCCc1nonc1/C(C[C@H]1Cc2ccc(F)cc21)=N\O. The first kappa shape index (κ1) is 19.4. The minimum absolute atomic E-state index is 0.0729. The Morgan fingerprint density at radius 3 is 3.04 bits per heavy atom. The summed E-state index contributed by atoms with van der Waals surface area (Å²) in [6, 6.07) is 4.75. The van der Waals surface area contributed by atoms with Crippen LogP contribution in [0.2, 0.25) is 0 Å². The van der Waals surface area contributed by atoms with Crippen LogP contribution in [0.15, 0.2) is 32.3 Å². The molecule has 1 unspecified atom stereocenters. The van der Waals surface area contributed by atoms with E-state index in [1.165, 1.54) is 25.4 Å². The van der Waals surface area contributed by atoms with E-state index < -0.39 is 9.92 Å². The molecule has 1 aromatic heterocycles. The third-order valence-electron chi connectivity index (χ3n) is 4.71. The molecule has 0 saturated heterocycles. The summed E-state index contributed by atoms with van der Waals surface area (Å²) in [7, 11) is -0.861. The lowest BCUT2D eigenvalue weighted by Crippen LogP contribution is -2.23. The fraction of sp³-hybridized carbons (Fsp3) is 0.471. The lowest BCUT2D eigenvalue weighted by Gasteiger charge is -2.30. The summed E-state index contributed by atoms with van der Waals surface area (Å²) < 4.78 is 36.7. The highest BCUT2D eigenvalue weighted by Crippen LogP contribution is 2.38. The molecule has 8 nitrogen and oxygen atoms in total. The Balaban J connectivity index is 1.62. The summed E-state index contributed by atoms with van der Waals surface area (Å²) in [4.78, 5) is 0. The molecule has 27 heavy (non-hydrogen) atoms. The van der Waals surface area contributed by atoms with Gasteiger partial charge in [0.25, 0.3) is 0 Å². The van der Waals surface area contributed by atoms with E-state index in [0.717, 1.165) is 17.5 Å². The first-order valence-electron chi connectivity index (χ1n) is 8.59. The van der Waals surface area contributed by atoms with E-state index in [1.807, 2.05) is 0 Å². The summed E-state index contributed by atoms with van der Waals surface area (Å²) >= 11 is 0. The van der Waals surface area contributed by atoms with E-state index in [0.29, 0.717) is 42.9 Å². The summed E-state index contributed by atoms with van der Waals surface area (Å²) in [5, 5.41) is 20.6. The predicted octanol–water partition coefficient (Wildman–Crippen LogP) is 2.28. The lowest BCUT2D eigenvalue weighted by molar-refractivity contribution is 0.300. The van der Waals surface area contributed by atoms with Crippen molar-refractivity contribution in [3.63, 3.8) is 0 Å². The third-order valence-corrected chi connectivity index (χ3v) is 6.15. The minimum Gasteiger partial charge on any atom is -0.411 e. The molecule has 1 heterocycles. The maximum Gasteiger partial charge on any atom is 0.155 e. The van der Waals surface area contributed by atoms with Crippen molar-refractivity contribution in [2.24, 2.45) is 9.52 Å². The van der Waals surface area contributed by atoms with Gasteiger partial charge in [0, 0.05) is 26.3 Å². The molecule has 3 rings (SSSR count). The van der Waals surface area contributed by atoms with Crippen molar-refractivity contribution >= 4 is 15.6 Å². The van der Waals surface area contributed by atoms with Gasteiger partial charge in [0.15, 0.2) is 5.69 Å². The zero-order valence-corrected chi connectivity index (χ0v) is 16.0. The molecular formula is C17H22FN5O3S. The maximum absolute atomic E-state index is 13.4.